The van der Waals surface area contributed by atoms with Gasteiger partial charge in [0, 0.05) is 91.2 Å². The van der Waals surface area contributed by atoms with Gasteiger partial charge in [0.1, 0.15) is 42.6 Å². The molecule has 3 aliphatic heterocycles. The van der Waals surface area contributed by atoms with Crippen LogP contribution in [0.5, 0.6) is 17.2 Å². The van der Waals surface area contributed by atoms with Crippen LogP contribution in [0.3, 0.4) is 0 Å². The maximum atomic E-state index is 15.1. The molecule has 3 heterocycles. The Hall–Kier alpha value is -10.4. The molecule has 3 aliphatic rings. The molecule has 0 aromatic heterocycles. The minimum Gasteiger partial charge on any atom is -0.493 e. The number of aryl methyl sites for hydroxylation is 1. The average molecular weight is 1380 g/mol. The van der Waals surface area contributed by atoms with Crippen molar-refractivity contribution in [1.29, 1.82) is 0 Å². The number of hydrogen-bond acceptors (Lipinski definition) is 17. The van der Waals surface area contributed by atoms with Crippen LogP contribution in [0.4, 0.5) is 10.5 Å². The Morgan fingerprint density at radius 3 is 1.95 bits per heavy atom. The third-order valence-corrected chi connectivity index (χ3v) is 17.8. The van der Waals surface area contributed by atoms with Crippen LogP contribution in [0.25, 0.3) is 0 Å². The highest BCUT2D eigenvalue weighted by Gasteiger charge is 2.43. The molecular weight excluding hydrogens is 1280 g/mol. The summed E-state index contributed by atoms with van der Waals surface area (Å²) >= 11 is 0. The molecular formula is C75H90N8O17. The van der Waals surface area contributed by atoms with Gasteiger partial charge >= 0.3 is 18.0 Å². The molecule has 2 bridgehead atoms. The highest BCUT2D eigenvalue weighted by molar-refractivity contribution is 6.38. The highest BCUT2D eigenvalue weighted by Crippen LogP contribution is 2.33. The molecule has 0 aliphatic carbocycles. The van der Waals surface area contributed by atoms with Gasteiger partial charge in [0.2, 0.25) is 41.2 Å². The molecule has 3 N–H and O–H groups in total. The minimum atomic E-state index is -1.54. The summed E-state index contributed by atoms with van der Waals surface area (Å²) < 4.78 is 33.9. The van der Waals surface area contributed by atoms with E-state index in [1.165, 1.54) is 74.9 Å². The molecule has 25 nitrogen and oxygen atoms in total. The molecule has 25 heteroatoms. The predicted octanol–water partition coefficient (Wildman–Crippen LogP) is 6.39. The number of Topliss-reactive ketones (excluding diaryl/α,β-unsaturated/α-hetero) is 1. The molecule has 5 aromatic rings. The first-order valence-electron chi connectivity index (χ1n) is 33.6. The summed E-state index contributed by atoms with van der Waals surface area (Å²) in [4.78, 5) is 162. The van der Waals surface area contributed by atoms with Gasteiger partial charge in [-0.3, -0.25) is 38.4 Å². The van der Waals surface area contributed by atoms with Crippen LogP contribution in [-0.2, 0) is 87.8 Å². The van der Waals surface area contributed by atoms with Crippen molar-refractivity contribution in [3.8, 4) is 17.2 Å². The largest absolute Gasteiger partial charge is 0.493 e. The number of nitrogens with zero attached hydrogens (tertiary/aromatic N) is 5. The number of morpholine rings is 1. The molecule has 0 radical (unpaired) electrons. The highest BCUT2D eigenvalue weighted by atomic mass is 16.6. The number of ketones is 1. The second kappa shape index (κ2) is 36.4. The number of fused-ring (bicyclic) bond motifs is 3. The molecule has 5 aromatic carbocycles. The standard InChI is InChI=1S/C75H90N8O17/c1-75(2)49-98-67(87)26-15-16-37-79(3)70(90)57(43-50-19-10-8-11-20-50)77-65(85)48-80(4)71(91)58(44-51-21-12-9-13-22-51)78-69(89)60(45-52-27-31-56(32-28-52)99-74(94)82-39-41-97-42-40-82)81(5)66(86)36-35-64(84)76-55-24-18-23-54(47-55)61(33-29-53-30-34-62(95-6)63(46-53)96-7)100-73(93)59-25-14-17-38-83(59)72(92)68(75)88/h8-13,15,18-24,26-28,30-32,34,46-47,57-61H,14,16-17,25,29,33,35-45,48-49H2,1-7H3,(H,76,84)(H,77,85)(H,78,89)/t57-,58-,59+,60+,61-/m1/s1. The van der Waals surface area contributed by atoms with E-state index in [-0.39, 0.29) is 75.9 Å². The topological polar surface area (TPSA) is 295 Å². The van der Waals surface area contributed by atoms with Crippen LogP contribution < -0.4 is 30.2 Å². The smallest absolute Gasteiger partial charge is 0.415 e. The Morgan fingerprint density at radius 2 is 1.28 bits per heavy atom. The zero-order valence-corrected chi connectivity index (χ0v) is 57.8. The van der Waals surface area contributed by atoms with Crippen molar-refractivity contribution in [1.82, 2.24) is 35.1 Å². The van der Waals surface area contributed by atoms with Crippen LogP contribution >= 0.6 is 0 Å². The monoisotopic (exact) mass is 1370 g/mol. The third kappa shape index (κ3) is 21.5. The number of amides is 8. The number of piperidine rings is 1. The fourth-order valence-corrected chi connectivity index (χ4v) is 11.9. The summed E-state index contributed by atoms with van der Waals surface area (Å²) in [7, 11) is 7.37. The van der Waals surface area contributed by atoms with E-state index in [0.717, 1.165) is 22.1 Å². The van der Waals surface area contributed by atoms with Gasteiger partial charge in [-0.1, -0.05) is 97.1 Å². The molecule has 5 atom stereocenters. The second-order valence-electron chi connectivity index (χ2n) is 25.7. The van der Waals surface area contributed by atoms with Crippen molar-refractivity contribution < 1.29 is 81.2 Å². The Bertz CT molecular complexity index is 3730. The zero-order valence-electron chi connectivity index (χ0n) is 57.8. The Labute approximate surface area is 582 Å². The normalized spacial score (nSPS) is 21.2. The van der Waals surface area contributed by atoms with Crippen molar-refractivity contribution in [2.45, 2.75) is 115 Å². The summed E-state index contributed by atoms with van der Waals surface area (Å²) in [6.07, 6.45) is 2.17. The van der Waals surface area contributed by atoms with Gasteiger partial charge in [0.25, 0.3) is 5.91 Å². The first kappa shape index (κ1) is 75.3. The zero-order chi connectivity index (χ0) is 71.9. The summed E-state index contributed by atoms with van der Waals surface area (Å²) in [5.74, 6) is -6.02. The lowest BCUT2D eigenvalue weighted by molar-refractivity contribution is -0.165. The van der Waals surface area contributed by atoms with Crippen LogP contribution in [0.1, 0.15) is 92.7 Å². The quantitative estimate of drug-likeness (QED) is 0.0900. The summed E-state index contributed by atoms with van der Waals surface area (Å²) in [5, 5.41) is 8.56. The molecule has 0 unspecified atom stereocenters. The predicted molar refractivity (Wildman–Crippen MR) is 368 cm³/mol. The van der Waals surface area contributed by atoms with Crippen LogP contribution in [0.2, 0.25) is 0 Å². The molecule has 8 amide bonds. The van der Waals surface area contributed by atoms with Crippen molar-refractivity contribution in [2.24, 2.45) is 5.41 Å². The van der Waals surface area contributed by atoms with E-state index in [0.29, 0.717) is 73.8 Å². The first-order chi connectivity index (χ1) is 48.0. The van der Waals surface area contributed by atoms with Gasteiger partial charge < -0.3 is 68.9 Å². The number of anilines is 1. The second-order valence-corrected chi connectivity index (χ2v) is 25.7. The number of nitrogens with one attached hydrogen (secondary N) is 3. The fourth-order valence-electron chi connectivity index (χ4n) is 11.9. The molecule has 8 rings (SSSR count). The van der Waals surface area contributed by atoms with Gasteiger partial charge in [-0.2, -0.15) is 0 Å². The van der Waals surface area contributed by atoms with Gasteiger partial charge in [0.05, 0.1) is 39.4 Å². The van der Waals surface area contributed by atoms with Crippen molar-refractivity contribution in [2.75, 3.05) is 93.2 Å². The van der Waals surface area contributed by atoms with E-state index >= 15 is 4.79 Å². The number of benzene rings is 5. The lowest BCUT2D eigenvalue weighted by atomic mass is 9.87. The van der Waals surface area contributed by atoms with Crippen molar-refractivity contribution >= 4 is 70.9 Å². The minimum absolute atomic E-state index is 0.0444. The van der Waals surface area contributed by atoms with Crippen LogP contribution in [-0.4, -0.2) is 202 Å². The first-order valence-corrected chi connectivity index (χ1v) is 33.6. The Kier molecular flexibility index (Phi) is 27.4. The maximum Gasteiger partial charge on any atom is 0.415 e. The Balaban J connectivity index is 1.10. The lowest BCUT2D eigenvalue weighted by Gasteiger charge is -2.36. The van der Waals surface area contributed by atoms with E-state index in [9.17, 15) is 47.9 Å². The summed E-state index contributed by atoms with van der Waals surface area (Å²) in [6, 6.07) is 31.4. The van der Waals surface area contributed by atoms with Gasteiger partial charge in [0.15, 0.2) is 11.5 Å². The maximum absolute atomic E-state index is 15.1. The lowest BCUT2D eigenvalue weighted by Crippen LogP contribution is -2.57. The fraction of sp³-hybridized carbons (Fsp3) is 0.427. The van der Waals surface area contributed by atoms with E-state index < -0.39 is 114 Å². The summed E-state index contributed by atoms with van der Waals surface area (Å²) in [5.41, 5.74) is 1.94. The van der Waals surface area contributed by atoms with Crippen LogP contribution in [0.15, 0.2) is 140 Å². The van der Waals surface area contributed by atoms with E-state index in [1.54, 1.807) is 115 Å². The van der Waals surface area contributed by atoms with Crippen LogP contribution in [0, 0.1) is 5.41 Å². The number of rotatable bonds is 12. The number of esters is 2. The summed E-state index contributed by atoms with van der Waals surface area (Å²) in [6.45, 7) is 3.49. The van der Waals surface area contributed by atoms with E-state index in [1.807, 2.05) is 12.1 Å². The molecule has 0 spiro atoms. The van der Waals surface area contributed by atoms with Gasteiger partial charge in [-0.25, -0.2) is 14.4 Å². The third-order valence-electron chi connectivity index (χ3n) is 17.8. The average Bonchev–Trinajstić information content (AvgIpc) is 0.809. The number of hydrogen-bond donors (Lipinski definition) is 3. The molecule has 0 saturated carbocycles. The number of likely N-dealkylation sites (N-methyl/N-ethyl adjacent to an activating group) is 3. The molecule has 532 valence electrons. The van der Waals surface area contributed by atoms with E-state index in [4.69, 9.17) is 28.4 Å². The molecule has 100 heavy (non-hydrogen) atoms. The molecule has 2 fully saturated rings. The number of carbonyl (C=O) groups is 11. The number of carbonyl (C=O) groups excluding carboxylic acids is 11. The van der Waals surface area contributed by atoms with E-state index in [2.05, 4.69) is 16.0 Å². The number of methoxy groups -OCH3 is 2. The number of ether oxygens (including phenoxy) is 6. The van der Waals surface area contributed by atoms with Gasteiger partial charge in [-0.05, 0) is 117 Å². The SMILES string of the molecule is COc1ccc(CC[C@H]2OC(=O)[C@@H]3CCCCN3C(=O)C(=O)C(C)(C)COC(=O)C=CCCN(C)C(=O)[C@@H](Cc3ccccc3)NC(=O)CN(C)C(=O)[C@@H](Cc3ccccc3)NC(=O)[C@H](Cc3ccc(OC(=O)N4CCOCC4)cc3)N(C)C(=O)CCC(=O)Nc3cccc2c3)cc1OC. The Morgan fingerprint density at radius 1 is 0.640 bits per heavy atom. The van der Waals surface area contributed by atoms with Gasteiger partial charge in [-0.15, -0.1) is 0 Å². The van der Waals surface area contributed by atoms with Crippen molar-refractivity contribution in [3.63, 3.8) is 0 Å². The number of cyclic esters (lactones) is 2. The van der Waals surface area contributed by atoms with Crippen molar-refractivity contribution in [3.05, 3.63) is 167 Å². The molecule has 2 saturated heterocycles.